The zero-order valence-electron chi connectivity index (χ0n) is 9.00. The van der Waals surface area contributed by atoms with E-state index in [1.807, 2.05) is 6.07 Å². The number of nitrogen functional groups attached to an aromatic ring is 1. The van der Waals surface area contributed by atoms with Crippen LogP contribution in [0, 0.1) is 18.3 Å². The smallest absolute Gasteiger partial charge is 0.357 e. The van der Waals surface area contributed by atoms with E-state index in [1.165, 1.54) is 0 Å². The quantitative estimate of drug-likeness (QED) is 0.732. The summed E-state index contributed by atoms with van der Waals surface area (Å²) >= 11 is 0. The maximum atomic E-state index is 11.5. The number of ether oxygens (including phenoxy) is 1. The van der Waals surface area contributed by atoms with Gasteiger partial charge in [-0.2, -0.15) is 5.26 Å². The number of nitrogens with zero attached hydrogens (tertiary/aromatic N) is 2. The molecule has 1 aromatic heterocycles. The number of hydrogen-bond donors (Lipinski definition) is 1. The maximum absolute atomic E-state index is 11.5. The van der Waals surface area contributed by atoms with Crippen LogP contribution in [0.3, 0.4) is 0 Å². The first kappa shape index (κ1) is 11.1. The Balaban J connectivity index is 3.32. The number of carbonyl (C=O) groups is 1. The lowest BCUT2D eigenvalue weighted by Crippen LogP contribution is -2.12. The fourth-order valence-corrected chi connectivity index (χ4v) is 1.42. The average Bonchev–Trinajstić information content (AvgIpc) is 2.39. The molecule has 0 fully saturated rings. The molecule has 2 N–H and O–H groups in total. The van der Waals surface area contributed by atoms with Gasteiger partial charge < -0.3 is 15.0 Å². The Hall–Kier alpha value is -1.96. The molecule has 0 spiro atoms. The van der Waals surface area contributed by atoms with Crippen LogP contribution >= 0.6 is 0 Å². The van der Waals surface area contributed by atoms with Gasteiger partial charge in [-0.15, -0.1) is 0 Å². The molecule has 15 heavy (non-hydrogen) atoms. The second-order valence-electron chi connectivity index (χ2n) is 3.11. The lowest BCUT2D eigenvalue weighted by molar-refractivity contribution is 0.0516. The van der Waals surface area contributed by atoms with Crippen molar-refractivity contribution in [3.8, 4) is 6.07 Å². The van der Waals surface area contributed by atoms with E-state index < -0.39 is 5.97 Å². The van der Waals surface area contributed by atoms with E-state index in [2.05, 4.69) is 0 Å². The van der Waals surface area contributed by atoms with Gasteiger partial charge >= 0.3 is 5.97 Å². The van der Waals surface area contributed by atoms with E-state index in [9.17, 15) is 4.79 Å². The van der Waals surface area contributed by atoms with E-state index in [4.69, 9.17) is 15.7 Å². The Morgan fingerprint density at radius 2 is 2.27 bits per heavy atom. The number of anilines is 1. The van der Waals surface area contributed by atoms with Gasteiger partial charge in [-0.05, 0) is 13.8 Å². The minimum atomic E-state index is -0.498. The van der Waals surface area contributed by atoms with Crippen LogP contribution in [0.15, 0.2) is 0 Å². The predicted octanol–water partition coefficient (Wildman–Crippen LogP) is 0.964. The highest BCUT2D eigenvalue weighted by molar-refractivity contribution is 5.95. The van der Waals surface area contributed by atoms with Crippen molar-refractivity contribution in [1.29, 1.82) is 5.26 Å². The summed E-state index contributed by atoms with van der Waals surface area (Å²) in [7, 11) is 1.68. The Morgan fingerprint density at radius 1 is 1.67 bits per heavy atom. The average molecular weight is 207 g/mol. The van der Waals surface area contributed by atoms with Crippen molar-refractivity contribution < 1.29 is 9.53 Å². The van der Waals surface area contributed by atoms with E-state index in [0.717, 1.165) is 0 Å². The largest absolute Gasteiger partial charge is 0.461 e. The van der Waals surface area contributed by atoms with Crippen molar-refractivity contribution >= 4 is 11.7 Å². The summed E-state index contributed by atoms with van der Waals surface area (Å²) in [5.41, 5.74) is 7.13. The monoisotopic (exact) mass is 207 g/mol. The normalized spacial score (nSPS) is 9.73. The van der Waals surface area contributed by atoms with Crippen LogP contribution in [0.4, 0.5) is 5.69 Å². The van der Waals surface area contributed by atoms with Crippen LogP contribution in [0.25, 0.3) is 0 Å². The van der Waals surface area contributed by atoms with Gasteiger partial charge in [0.2, 0.25) is 0 Å². The molecule has 5 heteroatoms. The van der Waals surface area contributed by atoms with E-state index in [1.54, 1.807) is 25.5 Å². The van der Waals surface area contributed by atoms with Crippen molar-refractivity contribution in [2.45, 2.75) is 13.8 Å². The lowest BCUT2D eigenvalue weighted by Gasteiger charge is -2.04. The minimum absolute atomic E-state index is 0.191. The number of nitrogens with two attached hydrogens (primary N) is 1. The highest BCUT2D eigenvalue weighted by Gasteiger charge is 2.22. The van der Waals surface area contributed by atoms with Gasteiger partial charge in [-0.25, -0.2) is 4.79 Å². The summed E-state index contributed by atoms with van der Waals surface area (Å²) < 4.78 is 6.43. The van der Waals surface area contributed by atoms with Crippen molar-refractivity contribution in [3.63, 3.8) is 0 Å². The molecule has 5 nitrogen and oxygen atoms in total. The number of rotatable bonds is 2. The Kier molecular flexibility index (Phi) is 3.00. The third-order valence-corrected chi connectivity index (χ3v) is 2.31. The summed E-state index contributed by atoms with van der Waals surface area (Å²) in [6.45, 7) is 3.73. The van der Waals surface area contributed by atoms with Crippen LogP contribution < -0.4 is 5.73 Å². The number of aromatic nitrogens is 1. The summed E-state index contributed by atoms with van der Waals surface area (Å²) in [4.78, 5) is 11.5. The first-order valence-corrected chi connectivity index (χ1v) is 4.56. The highest BCUT2D eigenvalue weighted by atomic mass is 16.5. The first-order valence-electron chi connectivity index (χ1n) is 4.56. The summed E-state index contributed by atoms with van der Waals surface area (Å²) in [6, 6.07) is 1.97. The topological polar surface area (TPSA) is 81.0 Å². The van der Waals surface area contributed by atoms with Gasteiger partial charge in [0.25, 0.3) is 0 Å². The molecule has 0 unspecified atom stereocenters. The van der Waals surface area contributed by atoms with Gasteiger partial charge in [-0.1, -0.05) is 0 Å². The van der Waals surface area contributed by atoms with Crippen LogP contribution in [-0.2, 0) is 11.8 Å². The summed E-state index contributed by atoms with van der Waals surface area (Å²) in [6.07, 6.45) is 0. The first-order chi connectivity index (χ1) is 7.04. The molecule has 0 aliphatic carbocycles. The molecule has 0 aromatic carbocycles. The molecule has 0 bridgehead atoms. The van der Waals surface area contributed by atoms with Crippen LogP contribution in [0.2, 0.25) is 0 Å². The van der Waals surface area contributed by atoms with Crippen molar-refractivity contribution in [2.75, 3.05) is 12.3 Å². The lowest BCUT2D eigenvalue weighted by atomic mass is 10.2. The third-order valence-electron chi connectivity index (χ3n) is 2.31. The highest BCUT2D eigenvalue weighted by Crippen LogP contribution is 2.23. The van der Waals surface area contributed by atoms with Gasteiger partial charge in [0.05, 0.1) is 17.9 Å². The molecule has 1 heterocycles. The molecule has 0 amide bonds. The predicted molar refractivity (Wildman–Crippen MR) is 55.2 cm³/mol. The number of nitriles is 1. The minimum Gasteiger partial charge on any atom is -0.461 e. The molecule has 1 rings (SSSR count). The fraction of sp³-hybridized carbons (Fsp3) is 0.400. The summed E-state index contributed by atoms with van der Waals surface area (Å²) in [5, 5.41) is 8.85. The Morgan fingerprint density at radius 3 is 2.67 bits per heavy atom. The Bertz CT molecular complexity index is 441. The maximum Gasteiger partial charge on any atom is 0.357 e. The molecule has 1 aromatic rings. The molecule has 0 radical (unpaired) electrons. The van der Waals surface area contributed by atoms with Gasteiger partial charge in [0.15, 0.2) is 5.69 Å². The second kappa shape index (κ2) is 4.05. The van der Waals surface area contributed by atoms with E-state index in [-0.39, 0.29) is 18.0 Å². The number of esters is 1. The SMILES string of the molecule is CCOC(=O)c1c(N)c(C#N)c(C)n1C. The third kappa shape index (κ3) is 1.66. The van der Waals surface area contributed by atoms with Crippen molar-refractivity contribution in [1.82, 2.24) is 4.57 Å². The molecule has 0 saturated heterocycles. The molecular weight excluding hydrogens is 194 g/mol. The number of carbonyl (C=O) groups excluding carboxylic acids is 1. The van der Waals surface area contributed by atoms with Gasteiger partial charge in [-0.3, -0.25) is 0 Å². The standard InChI is InChI=1S/C10H13N3O2/c1-4-15-10(14)9-8(12)7(5-11)6(2)13(9)3/h4,12H2,1-3H3. The second-order valence-corrected chi connectivity index (χ2v) is 3.11. The molecular formula is C10H13N3O2. The molecule has 0 atom stereocenters. The molecule has 0 saturated carbocycles. The number of hydrogen-bond acceptors (Lipinski definition) is 4. The van der Waals surface area contributed by atoms with E-state index >= 15 is 0 Å². The Labute approximate surface area is 88.0 Å². The molecule has 80 valence electrons. The molecule has 0 aliphatic rings. The van der Waals surface area contributed by atoms with Crippen molar-refractivity contribution in [3.05, 3.63) is 17.0 Å². The molecule has 0 aliphatic heterocycles. The van der Waals surface area contributed by atoms with Gasteiger partial charge in [0.1, 0.15) is 6.07 Å². The fourth-order valence-electron chi connectivity index (χ4n) is 1.42. The summed E-state index contributed by atoms with van der Waals surface area (Å²) in [5.74, 6) is -0.498. The van der Waals surface area contributed by atoms with Crippen LogP contribution in [0.1, 0.15) is 28.7 Å². The van der Waals surface area contributed by atoms with Crippen molar-refractivity contribution in [2.24, 2.45) is 7.05 Å². The zero-order valence-corrected chi connectivity index (χ0v) is 9.00. The zero-order chi connectivity index (χ0) is 11.6. The van der Waals surface area contributed by atoms with Gasteiger partial charge in [0, 0.05) is 12.7 Å². The van der Waals surface area contributed by atoms with E-state index in [0.29, 0.717) is 11.3 Å². The van der Waals surface area contributed by atoms with Crippen LogP contribution in [-0.4, -0.2) is 17.1 Å². The van der Waals surface area contributed by atoms with Crippen LogP contribution in [0.5, 0.6) is 0 Å².